The van der Waals surface area contributed by atoms with Gasteiger partial charge in [0.1, 0.15) is 5.75 Å². The molecule has 0 saturated carbocycles. The molecular formula is C19H29NO3. The first kappa shape index (κ1) is 16.7. The molecule has 2 fully saturated rings. The Balaban J connectivity index is 1.61. The van der Waals surface area contributed by atoms with Crippen molar-refractivity contribution in [2.24, 2.45) is 11.3 Å². The number of para-hydroxylation sites is 1. The third-order valence-electron chi connectivity index (χ3n) is 5.74. The van der Waals surface area contributed by atoms with Gasteiger partial charge in [-0.25, -0.2) is 0 Å². The van der Waals surface area contributed by atoms with Crippen LogP contribution in [0.2, 0.25) is 0 Å². The molecule has 0 bridgehead atoms. The second-order valence-corrected chi connectivity index (χ2v) is 6.93. The quantitative estimate of drug-likeness (QED) is 0.835. The van der Waals surface area contributed by atoms with Crippen molar-refractivity contribution in [2.75, 3.05) is 47.1 Å². The minimum atomic E-state index is 0.422. The van der Waals surface area contributed by atoms with Crippen LogP contribution in [0.4, 0.5) is 0 Å². The zero-order chi connectivity index (χ0) is 16.1. The van der Waals surface area contributed by atoms with E-state index in [9.17, 15) is 0 Å². The Morgan fingerprint density at radius 2 is 1.96 bits per heavy atom. The second-order valence-electron chi connectivity index (χ2n) is 6.93. The molecule has 0 radical (unpaired) electrons. The number of hydrogen-bond acceptors (Lipinski definition) is 4. The summed E-state index contributed by atoms with van der Waals surface area (Å²) in [5.74, 6) is 1.55. The van der Waals surface area contributed by atoms with Crippen LogP contribution >= 0.6 is 0 Å². The molecule has 2 heterocycles. The van der Waals surface area contributed by atoms with Crippen LogP contribution in [-0.4, -0.2) is 52.0 Å². The highest BCUT2D eigenvalue weighted by atomic mass is 16.5. The topological polar surface area (TPSA) is 30.9 Å². The van der Waals surface area contributed by atoms with Crippen LogP contribution < -0.4 is 4.74 Å². The van der Waals surface area contributed by atoms with E-state index in [1.165, 1.54) is 24.8 Å². The lowest BCUT2D eigenvalue weighted by Gasteiger charge is -2.49. The Bertz CT molecular complexity index is 495. The summed E-state index contributed by atoms with van der Waals surface area (Å²) in [6, 6.07) is 8.35. The van der Waals surface area contributed by atoms with E-state index in [0.717, 1.165) is 45.2 Å². The zero-order valence-corrected chi connectivity index (χ0v) is 14.4. The van der Waals surface area contributed by atoms with Crippen LogP contribution in [0, 0.1) is 11.3 Å². The van der Waals surface area contributed by atoms with Gasteiger partial charge < -0.3 is 14.2 Å². The summed E-state index contributed by atoms with van der Waals surface area (Å²) < 4.78 is 16.6. The van der Waals surface area contributed by atoms with Crippen molar-refractivity contribution in [2.45, 2.75) is 25.8 Å². The fraction of sp³-hybridized carbons (Fsp3) is 0.684. The molecule has 2 saturated heterocycles. The van der Waals surface area contributed by atoms with Crippen LogP contribution in [0.3, 0.4) is 0 Å². The predicted molar refractivity (Wildman–Crippen MR) is 90.7 cm³/mol. The van der Waals surface area contributed by atoms with Crippen molar-refractivity contribution in [1.82, 2.24) is 4.90 Å². The van der Waals surface area contributed by atoms with E-state index < -0.39 is 0 Å². The number of piperidine rings is 1. The van der Waals surface area contributed by atoms with Gasteiger partial charge in [-0.1, -0.05) is 18.2 Å². The molecule has 128 valence electrons. The molecular weight excluding hydrogens is 290 g/mol. The standard InChI is InChI=1S/C19H29NO3/c1-21-14-17-15-23-12-9-19(17)7-10-20(11-8-19)13-16-5-3-4-6-18(16)22-2/h3-6,17H,7-15H2,1-2H3/t17-/m0/s1. The Morgan fingerprint density at radius 3 is 2.70 bits per heavy atom. The Labute approximate surface area is 139 Å². The maximum Gasteiger partial charge on any atom is 0.123 e. The van der Waals surface area contributed by atoms with Crippen molar-refractivity contribution in [3.05, 3.63) is 29.8 Å². The van der Waals surface area contributed by atoms with Crippen LogP contribution in [0.15, 0.2) is 24.3 Å². The zero-order valence-electron chi connectivity index (χ0n) is 14.4. The number of likely N-dealkylation sites (tertiary alicyclic amines) is 1. The molecule has 2 aliphatic rings. The van der Waals surface area contributed by atoms with Gasteiger partial charge in [0.15, 0.2) is 0 Å². The molecule has 3 rings (SSSR count). The number of methoxy groups -OCH3 is 2. The van der Waals surface area contributed by atoms with Gasteiger partial charge in [-0.2, -0.15) is 0 Å². The highest BCUT2D eigenvalue weighted by molar-refractivity contribution is 5.33. The average Bonchev–Trinajstić information content (AvgIpc) is 2.60. The summed E-state index contributed by atoms with van der Waals surface area (Å²) in [4.78, 5) is 2.56. The van der Waals surface area contributed by atoms with E-state index in [4.69, 9.17) is 14.2 Å². The van der Waals surface area contributed by atoms with E-state index in [-0.39, 0.29) is 0 Å². The largest absolute Gasteiger partial charge is 0.496 e. The molecule has 1 spiro atoms. The smallest absolute Gasteiger partial charge is 0.123 e. The van der Waals surface area contributed by atoms with Crippen LogP contribution in [0.1, 0.15) is 24.8 Å². The third-order valence-corrected chi connectivity index (χ3v) is 5.74. The van der Waals surface area contributed by atoms with Crippen LogP contribution in [-0.2, 0) is 16.0 Å². The molecule has 1 aromatic carbocycles. The molecule has 0 unspecified atom stereocenters. The van der Waals surface area contributed by atoms with Gasteiger partial charge in [-0.3, -0.25) is 4.90 Å². The summed E-state index contributed by atoms with van der Waals surface area (Å²) in [6.07, 6.45) is 3.68. The summed E-state index contributed by atoms with van der Waals surface area (Å²) in [5.41, 5.74) is 1.71. The molecule has 0 aromatic heterocycles. The summed E-state index contributed by atoms with van der Waals surface area (Å²) in [6.45, 7) is 5.88. The lowest BCUT2D eigenvalue weighted by atomic mass is 9.66. The summed E-state index contributed by atoms with van der Waals surface area (Å²) in [5, 5.41) is 0. The van der Waals surface area contributed by atoms with E-state index in [1.807, 2.05) is 12.1 Å². The summed E-state index contributed by atoms with van der Waals surface area (Å²) in [7, 11) is 3.56. The first-order valence-electron chi connectivity index (χ1n) is 8.68. The minimum absolute atomic E-state index is 0.422. The van der Waals surface area contributed by atoms with Gasteiger partial charge in [-0.05, 0) is 43.8 Å². The van der Waals surface area contributed by atoms with Gasteiger partial charge in [0.25, 0.3) is 0 Å². The maximum atomic E-state index is 5.70. The number of benzene rings is 1. The Hall–Kier alpha value is -1.10. The van der Waals surface area contributed by atoms with Gasteiger partial charge in [-0.15, -0.1) is 0 Å². The Kier molecular flexibility index (Phi) is 5.57. The Morgan fingerprint density at radius 1 is 1.17 bits per heavy atom. The highest BCUT2D eigenvalue weighted by Gasteiger charge is 2.43. The van der Waals surface area contributed by atoms with Gasteiger partial charge in [0, 0.05) is 31.7 Å². The van der Waals surface area contributed by atoms with Gasteiger partial charge in [0.05, 0.1) is 20.3 Å². The predicted octanol–water partition coefficient (Wildman–Crippen LogP) is 2.96. The van der Waals surface area contributed by atoms with Crippen molar-refractivity contribution < 1.29 is 14.2 Å². The van der Waals surface area contributed by atoms with Crippen molar-refractivity contribution in [1.29, 1.82) is 0 Å². The molecule has 1 atom stereocenters. The van der Waals surface area contributed by atoms with E-state index >= 15 is 0 Å². The maximum absolute atomic E-state index is 5.70. The molecule has 0 aliphatic carbocycles. The lowest BCUT2D eigenvalue weighted by molar-refractivity contribution is -0.0951. The second kappa shape index (κ2) is 7.65. The molecule has 1 aromatic rings. The number of rotatable bonds is 5. The molecule has 0 N–H and O–H groups in total. The van der Waals surface area contributed by atoms with Gasteiger partial charge >= 0.3 is 0 Å². The molecule has 4 heteroatoms. The summed E-state index contributed by atoms with van der Waals surface area (Å²) >= 11 is 0. The number of ether oxygens (including phenoxy) is 3. The number of hydrogen-bond donors (Lipinski definition) is 0. The molecule has 23 heavy (non-hydrogen) atoms. The molecule has 4 nitrogen and oxygen atoms in total. The third kappa shape index (κ3) is 3.70. The fourth-order valence-electron chi connectivity index (χ4n) is 4.20. The first-order chi connectivity index (χ1) is 11.3. The van der Waals surface area contributed by atoms with Crippen molar-refractivity contribution >= 4 is 0 Å². The fourth-order valence-corrected chi connectivity index (χ4v) is 4.20. The van der Waals surface area contributed by atoms with Gasteiger partial charge in [0.2, 0.25) is 0 Å². The van der Waals surface area contributed by atoms with Crippen molar-refractivity contribution in [3.63, 3.8) is 0 Å². The SMILES string of the molecule is COC[C@H]1COCCC12CCN(Cc1ccccc1OC)CC2. The van der Waals surface area contributed by atoms with Crippen LogP contribution in [0.25, 0.3) is 0 Å². The number of nitrogens with zero attached hydrogens (tertiary/aromatic N) is 1. The normalized spacial score (nSPS) is 24.7. The van der Waals surface area contributed by atoms with Crippen molar-refractivity contribution in [3.8, 4) is 5.75 Å². The average molecular weight is 319 g/mol. The van der Waals surface area contributed by atoms with E-state index in [1.54, 1.807) is 14.2 Å². The van der Waals surface area contributed by atoms with E-state index in [0.29, 0.717) is 11.3 Å². The lowest BCUT2D eigenvalue weighted by Crippen LogP contribution is -2.49. The molecule has 2 aliphatic heterocycles. The molecule has 0 amide bonds. The monoisotopic (exact) mass is 319 g/mol. The van der Waals surface area contributed by atoms with Crippen LogP contribution in [0.5, 0.6) is 5.75 Å². The highest BCUT2D eigenvalue weighted by Crippen LogP contribution is 2.45. The van der Waals surface area contributed by atoms with E-state index in [2.05, 4.69) is 17.0 Å². The first-order valence-corrected chi connectivity index (χ1v) is 8.68. The minimum Gasteiger partial charge on any atom is -0.496 e.